The average molecular weight is 184 g/mol. The van der Waals surface area contributed by atoms with E-state index in [1.165, 1.54) is 32.1 Å². The Morgan fingerprint density at radius 1 is 1.38 bits per heavy atom. The first-order valence-corrected chi connectivity index (χ1v) is 5.46. The molecule has 0 amide bonds. The van der Waals surface area contributed by atoms with E-state index in [1.54, 1.807) is 0 Å². The monoisotopic (exact) mass is 184 g/mol. The predicted molar refractivity (Wildman–Crippen MR) is 52.6 cm³/mol. The molecule has 1 saturated carbocycles. The number of carboxylic acid groups (broad SMARTS) is 1. The second-order valence-corrected chi connectivity index (χ2v) is 4.18. The first-order chi connectivity index (χ1) is 6.24. The minimum atomic E-state index is -0.604. The maximum Gasteiger partial charge on any atom is 0.306 e. The summed E-state index contributed by atoms with van der Waals surface area (Å²) in [5.74, 6) is -0.00836. The van der Waals surface area contributed by atoms with Crippen LogP contribution in [-0.4, -0.2) is 11.1 Å². The largest absolute Gasteiger partial charge is 0.481 e. The summed E-state index contributed by atoms with van der Waals surface area (Å²) in [4.78, 5) is 10.8. The fourth-order valence-corrected chi connectivity index (χ4v) is 2.27. The molecule has 1 aliphatic carbocycles. The topological polar surface area (TPSA) is 37.3 Å². The Balaban J connectivity index is 2.31. The van der Waals surface area contributed by atoms with E-state index >= 15 is 0 Å². The molecule has 1 atom stereocenters. The van der Waals surface area contributed by atoms with Crippen LogP contribution in [0.4, 0.5) is 0 Å². The van der Waals surface area contributed by atoms with Crippen molar-refractivity contribution >= 4 is 5.97 Å². The molecule has 1 rings (SSSR count). The van der Waals surface area contributed by atoms with Gasteiger partial charge in [-0.05, 0) is 18.8 Å². The Kier molecular flexibility index (Phi) is 4.26. The molecule has 1 fully saturated rings. The first kappa shape index (κ1) is 10.6. The highest BCUT2D eigenvalue weighted by Crippen LogP contribution is 2.29. The van der Waals surface area contributed by atoms with Crippen LogP contribution in [0.1, 0.15) is 51.9 Å². The summed E-state index contributed by atoms with van der Waals surface area (Å²) < 4.78 is 0. The van der Waals surface area contributed by atoms with Crippen molar-refractivity contribution in [2.24, 2.45) is 11.8 Å². The molecule has 0 aromatic carbocycles. The lowest BCUT2D eigenvalue weighted by molar-refractivity contribution is -0.142. The maximum absolute atomic E-state index is 10.8. The van der Waals surface area contributed by atoms with Gasteiger partial charge in [0, 0.05) is 0 Å². The molecule has 0 radical (unpaired) electrons. The van der Waals surface area contributed by atoms with Gasteiger partial charge in [0.15, 0.2) is 0 Å². The van der Waals surface area contributed by atoms with Crippen molar-refractivity contribution in [3.05, 3.63) is 0 Å². The van der Waals surface area contributed by atoms with Crippen LogP contribution in [0.3, 0.4) is 0 Å². The summed E-state index contributed by atoms with van der Waals surface area (Å²) in [6.07, 6.45) is 8.16. The van der Waals surface area contributed by atoms with Crippen LogP contribution < -0.4 is 0 Å². The van der Waals surface area contributed by atoms with E-state index in [2.05, 4.69) is 0 Å². The molecule has 0 unspecified atom stereocenters. The fraction of sp³-hybridized carbons (Fsp3) is 0.909. The van der Waals surface area contributed by atoms with Gasteiger partial charge in [-0.1, -0.05) is 39.0 Å². The van der Waals surface area contributed by atoms with Gasteiger partial charge >= 0.3 is 5.97 Å². The number of aliphatic carboxylic acids is 1. The van der Waals surface area contributed by atoms with E-state index < -0.39 is 5.97 Å². The van der Waals surface area contributed by atoms with Gasteiger partial charge in [0.05, 0.1) is 5.92 Å². The van der Waals surface area contributed by atoms with Gasteiger partial charge in [-0.15, -0.1) is 0 Å². The Bertz CT molecular complexity index is 159. The Morgan fingerprint density at radius 2 is 2.00 bits per heavy atom. The molecule has 1 N–H and O–H groups in total. The van der Waals surface area contributed by atoms with Gasteiger partial charge in [0.25, 0.3) is 0 Å². The molecule has 0 aromatic rings. The SMILES string of the molecule is CC[C@H](CC1CCCCC1)C(=O)O. The van der Waals surface area contributed by atoms with E-state index in [9.17, 15) is 4.79 Å². The molecule has 0 saturated heterocycles. The van der Waals surface area contributed by atoms with Crippen LogP contribution in [0.2, 0.25) is 0 Å². The summed E-state index contributed by atoms with van der Waals surface area (Å²) in [6, 6.07) is 0. The quantitative estimate of drug-likeness (QED) is 0.729. The Labute approximate surface area is 80.3 Å². The lowest BCUT2D eigenvalue weighted by Crippen LogP contribution is -2.18. The third-order valence-electron chi connectivity index (χ3n) is 3.18. The molecule has 0 bridgehead atoms. The van der Waals surface area contributed by atoms with Crippen LogP contribution in [0.15, 0.2) is 0 Å². The van der Waals surface area contributed by atoms with Gasteiger partial charge in [-0.3, -0.25) is 4.79 Å². The molecule has 0 heterocycles. The second-order valence-electron chi connectivity index (χ2n) is 4.18. The van der Waals surface area contributed by atoms with Crippen molar-refractivity contribution in [1.82, 2.24) is 0 Å². The lowest BCUT2D eigenvalue weighted by atomic mass is 9.82. The van der Waals surface area contributed by atoms with Crippen LogP contribution >= 0.6 is 0 Å². The maximum atomic E-state index is 10.8. The van der Waals surface area contributed by atoms with Gasteiger partial charge in [-0.25, -0.2) is 0 Å². The van der Waals surface area contributed by atoms with E-state index in [4.69, 9.17) is 5.11 Å². The van der Waals surface area contributed by atoms with Crippen molar-refractivity contribution in [1.29, 1.82) is 0 Å². The molecule has 13 heavy (non-hydrogen) atoms. The molecule has 1 aliphatic rings. The van der Waals surface area contributed by atoms with E-state index in [-0.39, 0.29) is 5.92 Å². The van der Waals surface area contributed by atoms with E-state index in [0.29, 0.717) is 5.92 Å². The number of rotatable bonds is 4. The Morgan fingerprint density at radius 3 is 2.46 bits per heavy atom. The second kappa shape index (κ2) is 5.25. The number of carboxylic acids is 1. The minimum Gasteiger partial charge on any atom is -0.481 e. The highest BCUT2D eigenvalue weighted by Gasteiger charge is 2.22. The predicted octanol–water partition coefficient (Wildman–Crippen LogP) is 3.07. The summed E-state index contributed by atoms with van der Waals surface area (Å²) in [7, 11) is 0. The van der Waals surface area contributed by atoms with Crippen LogP contribution in [0.5, 0.6) is 0 Å². The molecular weight excluding hydrogens is 164 g/mol. The molecule has 76 valence electrons. The summed E-state index contributed by atoms with van der Waals surface area (Å²) in [6.45, 7) is 1.97. The molecule has 0 aliphatic heterocycles. The highest BCUT2D eigenvalue weighted by atomic mass is 16.4. The van der Waals surface area contributed by atoms with Gasteiger partial charge in [0.2, 0.25) is 0 Å². The molecule has 2 heteroatoms. The zero-order valence-corrected chi connectivity index (χ0v) is 8.46. The van der Waals surface area contributed by atoms with Crippen molar-refractivity contribution in [2.45, 2.75) is 51.9 Å². The molecular formula is C11H20O2. The lowest BCUT2D eigenvalue weighted by Gasteiger charge is -2.23. The van der Waals surface area contributed by atoms with Crippen molar-refractivity contribution in [3.63, 3.8) is 0 Å². The van der Waals surface area contributed by atoms with Gasteiger partial charge in [0.1, 0.15) is 0 Å². The van der Waals surface area contributed by atoms with Crippen LogP contribution in [0.25, 0.3) is 0 Å². The highest BCUT2D eigenvalue weighted by molar-refractivity contribution is 5.69. The zero-order chi connectivity index (χ0) is 9.68. The van der Waals surface area contributed by atoms with E-state index in [1.807, 2.05) is 6.92 Å². The summed E-state index contributed by atoms with van der Waals surface area (Å²) in [5, 5.41) is 8.90. The normalized spacial score (nSPS) is 21.3. The van der Waals surface area contributed by atoms with Crippen molar-refractivity contribution in [2.75, 3.05) is 0 Å². The van der Waals surface area contributed by atoms with Gasteiger partial charge < -0.3 is 5.11 Å². The average Bonchev–Trinajstić information content (AvgIpc) is 2.15. The smallest absolute Gasteiger partial charge is 0.306 e. The Hall–Kier alpha value is -0.530. The number of hydrogen-bond donors (Lipinski definition) is 1. The van der Waals surface area contributed by atoms with Crippen LogP contribution in [0, 0.1) is 11.8 Å². The molecule has 0 spiro atoms. The van der Waals surface area contributed by atoms with Crippen molar-refractivity contribution in [3.8, 4) is 0 Å². The molecule has 2 nitrogen and oxygen atoms in total. The zero-order valence-electron chi connectivity index (χ0n) is 8.46. The number of carbonyl (C=O) groups is 1. The van der Waals surface area contributed by atoms with Crippen LogP contribution in [-0.2, 0) is 4.79 Å². The first-order valence-electron chi connectivity index (χ1n) is 5.46. The third kappa shape index (κ3) is 3.37. The van der Waals surface area contributed by atoms with Gasteiger partial charge in [-0.2, -0.15) is 0 Å². The number of hydrogen-bond acceptors (Lipinski definition) is 1. The minimum absolute atomic E-state index is 0.0944. The third-order valence-corrected chi connectivity index (χ3v) is 3.18. The standard InChI is InChI=1S/C11H20O2/c1-2-10(11(12)13)8-9-6-4-3-5-7-9/h9-10H,2-8H2,1H3,(H,12,13)/t10-/m1/s1. The fourth-order valence-electron chi connectivity index (χ4n) is 2.27. The van der Waals surface area contributed by atoms with Crippen molar-refractivity contribution < 1.29 is 9.90 Å². The summed E-state index contributed by atoms with van der Waals surface area (Å²) in [5.41, 5.74) is 0. The molecule has 0 aromatic heterocycles. The van der Waals surface area contributed by atoms with E-state index in [0.717, 1.165) is 12.8 Å². The summed E-state index contributed by atoms with van der Waals surface area (Å²) >= 11 is 0.